The number of likely N-dealkylation sites (tertiary alicyclic amines) is 1. The Kier molecular flexibility index (Phi) is 5.83. The number of rotatable bonds is 5. The van der Waals surface area contributed by atoms with E-state index in [1.165, 1.54) is 0 Å². The molecule has 4 rings (SSSR count). The Balaban J connectivity index is 1.42. The molecular weight excluding hydrogens is 411 g/mol. The minimum absolute atomic E-state index is 0.107. The first-order chi connectivity index (χ1) is 13.9. The van der Waals surface area contributed by atoms with Gasteiger partial charge in [-0.2, -0.15) is 5.10 Å². The molecular formula is C21H24Cl2N4O2. The molecule has 2 aromatic rings. The third-order valence-electron chi connectivity index (χ3n) is 5.63. The van der Waals surface area contributed by atoms with E-state index in [1.807, 2.05) is 24.3 Å². The van der Waals surface area contributed by atoms with Crippen LogP contribution >= 0.6 is 23.2 Å². The van der Waals surface area contributed by atoms with E-state index in [9.17, 15) is 9.59 Å². The van der Waals surface area contributed by atoms with E-state index in [0.29, 0.717) is 41.1 Å². The molecule has 1 saturated carbocycles. The SMILES string of the molecule is Cc1nn(Cc2ccccc2Cl)c(Cl)c1C(=O)N1CCC(NC(=O)C2CC2)CC1. The van der Waals surface area contributed by atoms with E-state index in [2.05, 4.69) is 10.4 Å². The lowest BCUT2D eigenvalue weighted by atomic mass is 10.0. The molecule has 1 aliphatic heterocycles. The van der Waals surface area contributed by atoms with Crippen LogP contribution in [-0.4, -0.2) is 45.6 Å². The first kappa shape index (κ1) is 20.2. The van der Waals surface area contributed by atoms with Crippen LogP contribution in [0.4, 0.5) is 0 Å². The van der Waals surface area contributed by atoms with Crippen molar-refractivity contribution in [3.05, 3.63) is 51.3 Å². The maximum atomic E-state index is 13.1. The lowest BCUT2D eigenvalue weighted by Crippen LogP contribution is -2.47. The van der Waals surface area contributed by atoms with Gasteiger partial charge in [-0.15, -0.1) is 0 Å². The quantitative estimate of drug-likeness (QED) is 0.779. The molecule has 0 spiro atoms. The number of nitrogens with one attached hydrogen (secondary N) is 1. The van der Waals surface area contributed by atoms with E-state index in [0.717, 1.165) is 31.2 Å². The number of carbonyl (C=O) groups is 2. The largest absolute Gasteiger partial charge is 0.353 e. The van der Waals surface area contributed by atoms with Crippen molar-refractivity contribution in [2.75, 3.05) is 13.1 Å². The van der Waals surface area contributed by atoms with Crippen molar-refractivity contribution in [1.29, 1.82) is 0 Å². The molecule has 2 heterocycles. The zero-order valence-electron chi connectivity index (χ0n) is 16.3. The highest BCUT2D eigenvalue weighted by Crippen LogP contribution is 2.30. The first-order valence-corrected chi connectivity index (χ1v) is 10.8. The third-order valence-corrected chi connectivity index (χ3v) is 6.39. The predicted molar refractivity (Wildman–Crippen MR) is 112 cm³/mol. The molecule has 1 saturated heterocycles. The Morgan fingerprint density at radius 3 is 2.48 bits per heavy atom. The molecule has 6 nitrogen and oxygen atoms in total. The molecule has 1 aromatic carbocycles. The van der Waals surface area contributed by atoms with E-state index >= 15 is 0 Å². The fourth-order valence-electron chi connectivity index (χ4n) is 3.74. The van der Waals surface area contributed by atoms with Gasteiger partial charge >= 0.3 is 0 Å². The molecule has 8 heteroatoms. The van der Waals surface area contributed by atoms with Gasteiger partial charge in [0, 0.05) is 30.1 Å². The number of aromatic nitrogens is 2. The summed E-state index contributed by atoms with van der Waals surface area (Å²) in [5.41, 5.74) is 1.94. The summed E-state index contributed by atoms with van der Waals surface area (Å²) in [4.78, 5) is 26.8. The summed E-state index contributed by atoms with van der Waals surface area (Å²) in [5, 5.41) is 8.54. The minimum atomic E-state index is -0.107. The van der Waals surface area contributed by atoms with Gasteiger partial charge in [0.25, 0.3) is 5.91 Å². The Morgan fingerprint density at radius 1 is 1.14 bits per heavy atom. The lowest BCUT2D eigenvalue weighted by Gasteiger charge is -2.32. The fourth-order valence-corrected chi connectivity index (χ4v) is 4.25. The van der Waals surface area contributed by atoms with Gasteiger partial charge in [0.05, 0.1) is 17.8 Å². The van der Waals surface area contributed by atoms with Crippen LogP contribution in [0.1, 0.15) is 47.3 Å². The van der Waals surface area contributed by atoms with Crippen molar-refractivity contribution >= 4 is 35.0 Å². The minimum Gasteiger partial charge on any atom is -0.353 e. The zero-order chi connectivity index (χ0) is 20.5. The fraction of sp³-hybridized carbons (Fsp3) is 0.476. The molecule has 29 heavy (non-hydrogen) atoms. The highest BCUT2D eigenvalue weighted by Gasteiger charge is 2.33. The molecule has 1 aliphatic carbocycles. The average molecular weight is 435 g/mol. The van der Waals surface area contributed by atoms with Crippen molar-refractivity contribution in [3.63, 3.8) is 0 Å². The standard InChI is InChI=1S/C21H24Cl2N4O2/c1-13-18(19(23)27(25-13)12-15-4-2-3-5-17(15)22)21(29)26-10-8-16(9-11-26)24-20(28)14-6-7-14/h2-5,14,16H,6-12H2,1H3,(H,24,28). The van der Waals surface area contributed by atoms with E-state index in [1.54, 1.807) is 16.5 Å². The molecule has 2 amide bonds. The van der Waals surface area contributed by atoms with Crippen LogP contribution in [0.15, 0.2) is 24.3 Å². The summed E-state index contributed by atoms with van der Waals surface area (Å²) >= 11 is 12.8. The second-order valence-corrected chi connectivity index (χ2v) is 8.61. The van der Waals surface area contributed by atoms with Crippen LogP contribution < -0.4 is 5.32 Å². The van der Waals surface area contributed by atoms with Crippen molar-refractivity contribution in [2.45, 2.75) is 45.2 Å². The number of halogens is 2. The smallest absolute Gasteiger partial charge is 0.258 e. The molecule has 1 aromatic heterocycles. The average Bonchev–Trinajstić information content (AvgIpc) is 3.51. The monoisotopic (exact) mass is 434 g/mol. The van der Waals surface area contributed by atoms with Crippen molar-refractivity contribution < 1.29 is 9.59 Å². The van der Waals surface area contributed by atoms with Crippen LogP contribution in [0.2, 0.25) is 10.2 Å². The summed E-state index contributed by atoms with van der Waals surface area (Å²) < 4.78 is 1.62. The van der Waals surface area contributed by atoms with Crippen LogP contribution in [-0.2, 0) is 11.3 Å². The summed E-state index contributed by atoms with van der Waals surface area (Å²) in [6.45, 7) is 3.40. The Bertz CT molecular complexity index is 931. The maximum Gasteiger partial charge on any atom is 0.258 e. The van der Waals surface area contributed by atoms with Crippen molar-refractivity contribution in [1.82, 2.24) is 20.0 Å². The molecule has 154 valence electrons. The zero-order valence-corrected chi connectivity index (χ0v) is 17.8. The molecule has 0 radical (unpaired) electrons. The molecule has 2 fully saturated rings. The second-order valence-electron chi connectivity index (χ2n) is 7.85. The normalized spacial score (nSPS) is 17.4. The number of nitrogens with zero attached hydrogens (tertiary/aromatic N) is 3. The molecule has 0 unspecified atom stereocenters. The summed E-state index contributed by atoms with van der Waals surface area (Å²) in [7, 11) is 0. The van der Waals surface area contributed by atoms with Crippen LogP contribution in [0.3, 0.4) is 0 Å². The van der Waals surface area contributed by atoms with Gasteiger partial charge in [0.2, 0.25) is 5.91 Å². The Morgan fingerprint density at radius 2 is 1.83 bits per heavy atom. The predicted octanol–water partition coefficient (Wildman–Crippen LogP) is 3.68. The highest BCUT2D eigenvalue weighted by molar-refractivity contribution is 6.33. The Labute approximate surface area is 180 Å². The van der Waals surface area contributed by atoms with Gasteiger partial charge in [0.1, 0.15) is 5.15 Å². The van der Waals surface area contributed by atoms with Gasteiger partial charge in [-0.25, -0.2) is 4.68 Å². The number of hydrogen-bond donors (Lipinski definition) is 1. The number of benzene rings is 1. The molecule has 1 N–H and O–H groups in total. The number of hydrogen-bond acceptors (Lipinski definition) is 3. The Hall–Kier alpha value is -2.05. The van der Waals surface area contributed by atoms with Gasteiger partial charge in [-0.05, 0) is 44.2 Å². The summed E-state index contributed by atoms with van der Waals surface area (Å²) in [5.74, 6) is 0.263. The molecule has 0 bridgehead atoms. The van der Waals surface area contributed by atoms with Crippen molar-refractivity contribution in [3.8, 4) is 0 Å². The number of carbonyl (C=O) groups excluding carboxylic acids is 2. The topological polar surface area (TPSA) is 67.2 Å². The van der Waals surface area contributed by atoms with Crippen molar-refractivity contribution in [2.24, 2.45) is 5.92 Å². The van der Waals surface area contributed by atoms with E-state index < -0.39 is 0 Å². The number of piperidine rings is 1. The highest BCUT2D eigenvalue weighted by atomic mass is 35.5. The van der Waals surface area contributed by atoms with Crippen LogP contribution in [0.5, 0.6) is 0 Å². The number of aryl methyl sites for hydroxylation is 1. The first-order valence-electron chi connectivity index (χ1n) is 10.00. The summed E-state index contributed by atoms with van der Waals surface area (Å²) in [6, 6.07) is 7.65. The van der Waals surface area contributed by atoms with Gasteiger partial charge in [0.15, 0.2) is 0 Å². The molecule has 0 atom stereocenters. The second kappa shape index (κ2) is 8.36. The van der Waals surface area contributed by atoms with E-state index in [4.69, 9.17) is 23.2 Å². The van der Waals surface area contributed by atoms with Crippen LogP contribution in [0, 0.1) is 12.8 Å². The van der Waals surface area contributed by atoms with Gasteiger partial charge in [-0.1, -0.05) is 41.4 Å². The van der Waals surface area contributed by atoms with E-state index in [-0.39, 0.29) is 23.8 Å². The lowest BCUT2D eigenvalue weighted by molar-refractivity contribution is -0.123. The summed E-state index contributed by atoms with van der Waals surface area (Å²) in [6.07, 6.45) is 3.52. The van der Waals surface area contributed by atoms with Gasteiger partial charge in [-0.3, -0.25) is 9.59 Å². The number of amides is 2. The van der Waals surface area contributed by atoms with Crippen LogP contribution in [0.25, 0.3) is 0 Å². The molecule has 2 aliphatic rings. The maximum absolute atomic E-state index is 13.1. The third kappa shape index (κ3) is 4.43. The van der Waals surface area contributed by atoms with Gasteiger partial charge < -0.3 is 10.2 Å².